The molecule has 0 fully saturated rings. The molecule has 1 aliphatic rings. The van der Waals surface area contributed by atoms with Crippen LogP contribution in [-0.2, 0) is 0 Å². The van der Waals surface area contributed by atoms with E-state index in [1.165, 1.54) is 11.8 Å². The summed E-state index contributed by atoms with van der Waals surface area (Å²) in [4.78, 5) is 0. The zero-order valence-electron chi connectivity index (χ0n) is 11.3. The van der Waals surface area contributed by atoms with Crippen LogP contribution in [0.3, 0.4) is 0 Å². The third kappa shape index (κ3) is 2.06. The first-order valence-electron chi connectivity index (χ1n) is 6.68. The van der Waals surface area contributed by atoms with Gasteiger partial charge in [-0.2, -0.15) is 0 Å². The summed E-state index contributed by atoms with van der Waals surface area (Å²) < 4.78 is 1.80. The Kier molecular flexibility index (Phi) is 2.93. The Balaban J connectivity index is 1.68. The van der Waals surface area contributed by atoms with E-state index in [9.17, 15) is 10.2 Å². The highest BCUT2D eigenvalue weighted by Crippen LogP contribution is 2.42. The molecule has 0 saturated carbocycles. The second-order valence-electron chi connectivity index (χ2n) is 4.87. The van der Waals surface area contributed by atoms with Gasteiger partial charge in [0.1, 0.15) is 16.9 Å². The lowest BCUT2D eigenvalue weighted by molar-refractivity contribution is 0.468. The summed E-state index contributed by atoms with van der Waals surface area (Å²) in [6, 6.07) is 14.0. The first-order valence-corrected chi connectivity index (χ1v) is 7.56. The fraction of sp³-hybridized carbons (Fsp3) is 0.0667. The van der Waals surface area contributed by atoms with Crippen molar-refractivity contribution < 1.29 is 10.2 Å². The number of phenolic OH excluding ortho intramolecular Hbond substituents is 2. The Morgan fingerprint density at radius 2 is 1.77 bits per heavy atom. The van der Waals surface area contributed by atoms with Crippen molar-refractivity contribution in [3.05, 3.63) is 54.1 Å². The summed E-state index contributed by atoms with van der Waals surface area (Å²) in [5, 5.41) is 28.3. The van der Waals surface area contributed by atoms with Crippen molar-refractivity contribution in [2.24, 2.45) is 0 Å². The number of nitrogens with one attached hydrogen (secondary N) is 1. The van der Waals surface area contributed by atoms with E-state index in [0.29, 0.717) is 5.82 Å². The van der Waals surface area contributed by atoms with Gasteiger partial charge in [0.2, 0.25) is 5.16 Å². The number of thioether (sulfide) groups is 1. The minimum absolute atomic E-state index is 0.123. The van der Waals surface area contributed by atoms with Gasteiger partial charge in [-0.15, -0.1) is 10.2 Å². The van der Waals surface area contributed by atoms with E-state index in [4.69, 9.17) is 0 Å². The van der Waals surface area contributed by atoms with Gasteiger partial charge in [0.15, 0.2) is 5.82 Å². The number of hydrogen-bond donors (Lipinski definition) is 3. The van der Waals surface area contributed by atoms with Crippen molar-refractivity contribution in [3.63, 3.8) is 0 Å². The maximum Gasteiger partial charge on any atom is 0.212 e. The van der Waals surface area contributed by atoms with E-state index in [1.54, 1.807) is 41.1 Å². The van der Waals surface area contributed by atoms with Gasteiger partial charge in [-0.3, -0.25) is 0 Å². The van der Waals surface area contributed by atoms with E-state index >= 15 is 0 Å². The van der Waals surface area contributed by atoms with E-state index < -0.39 is 0 Å². The van der Waals surface area contributed by atoms with Gasteiger partial charge in [-0.05, 0) is 30.3 Å². The van der Waals surface area contributed by atoms with Gasteiger partial charge >= 0.3 is 0 Å². The van der Waals surface area contributed by atoms with Crippen LogP contribution >= 0.6 is 11.8 Å². The molecule has 7 heteroatoms. The van der Waals surface area contributed by atoms with Gasteiger partial charge < -0.3 is 15.6 Å². The number of aromatic hydroxyl groups is 2. The maximum atomic E-state index is 9.98. The summed E-state index contributed by atoms with van der Waals surface area (Å²) in [7, 11) is 0. The lowest BCUT2D eigenvalue weighted by Gasteiger charge is -2.13. The van der Waals surface area contributed by atoms with Crippen molar-refractivity contribution in [2.75, 3.05) is 5.43 Å². The number of rotatable bonds is 2. The number of para-hydroxylation sites is 1. The molecule has 1 aromatic heterocycles. The average Bonchev–Trinajstić information content (AvgIpc) is 3.09. The molecule has 2 heterocycles. The van der Waals surface area contributed by atoms with Crippen LogP contribution in [0.25, 0.3) is 11.4 Å². The van der Waals surface area contributed by atoms with E-state index in [-0.39, 0.29) is 16.9 Å². The van der Waals surface area contributed by atoms with Crippen molar-refractivity contribution in [2.45, 2.75) is 10.5 Å². The second-order valence-corrected chi connectivity index (χ2v) is 5.95. The minimum atomic E-state index is -0.123. The number of nitrogens with zero attached hydrogens (tertiary/aromatic N) is 3. The molecule has 1 aliphatic heterocycles. The zero-order valence-corrected chi connectivity index (χ0v) is 12.2. The molecule has 22 heavy (non-hydrogen) atoms. The van der Waals surface area contributed by atoms with Crippen LogP contribution in [0, 0.1) is 0 Å². The Morgan fingerprint density at radius 1 is 1.00 bits per heavy atom. The number of aromatic nitrogens is 3. The van der Waals surface area contributed by atoms with Crippen LogP contribution in [0.15, 0.2) is 53.7 Å². The molecule has 4 rings (SSSR count). The Bertz CT molecular complexity index is 832. The van der Waals surface area contributed by atoms with Crippen molar-refractivity contribution in [1.29, 1.82) is 0 Å². The molecule has 0 amide bonds. The minimum Gasteiger partial charge on any atom is -0.508 e. The first-order chi connectivity index (χ1) is 10.7. The van der Waals surface area contributed by atoms with Gasteiger partial charge in [-0.25, -0.2) is 4.68 Å². The molecule has 3 aromatic rings. The number of phenols is 2. The number of benzene rings is 2. The smallest absolute Gasteiger partial charge is 0.212 e. The number of hydrogen-bond acceptors (Lipinski definition) is 6. The van der Waals surface area contributed by atoms with Gasteiger partial charge in [0, 0.05) is 11.1 Å². The molecule has 3 N–H and O–H groups in total. The van der Waals surface area contributed by atoms with E-state index in [0.717, 1.165) is 16.3 Å². The molecular weight excluding hydrogens is 300 g/mol. The molecule has 0 aliphatic carbocycles. The maximum absolute atomic E-state index is 9.98. The van der Waals surface area contributed by atoms with Gasteiger partial charge in [0.05, 0.1) is 0 Å². The number of fused-ring (bicyclic) bond motifs is 1. The molecule has 0 bridgehead atoms. The summed E-state index contributed by atoms with van der Waals surface area (Å²) in [6.45, 7) is 0. The summed E-state index contributed by atoms with van der Waals surface area (Å²) in [6.07, 6.45) is 0. The third-order valence-electron chi connectivity index (χ3n) is 3.45. The van der Waals surface area contributed by atoms with Crippen LogP contribution in [0.1, 0.15) is 10.9 Å². The molecule has 2 aromatic carbocycles. The lowest BCUT2D eigenvalue weighted by Crippen LogP contribution is -2.13. The van der Waals surface area contributed by atoms with Gasteiger partial charge in [-0.1, -0.05) is 30.0 Å². The van der Waals surface area contributed by atoms with Crippen molar-refractivity contribution in [3.8, 4) is 22.9 Å². The highest BCUT2D eigenvalue weighted by Gasteiger charge is 2.29. The fourth-order valence-electron chi connectivity index (χ4n) is 2.35. The summed E-state index contributed by atoms with van der Waals surface area (Å²) in [5.74, 6) is 1.12. The molecular formula is C15H12N4O2S. The van der Waals surface area contributed by atoms with Crippen LogP contribution in [0.5, 0.6) is 11.5 Å². The first kappa shape index (κ1) is 13.0. The zero-order chi connectivity index (χ0) is 15.1. The van der Waals surface area contributed by atoms with Crippen molar-refractivity contribution in [1.82, 2.24) is 14.9 Å². The average molecular weight is 312 g/mol. The lowest BCUT2D eigenvalue weighted by atomic mass is 10.2. The van der Waals surface area contributed by atoms with Crippen LogP contribution in [0.4, 0.5) is 0 Å². The molecule has 0 radical (unpaired) electrons. The fourth-order valence-corrected chi connectivity index (χ4v) is 3.38. The second kappa shape index (κ2) is 4.96. The molecule has 1 atom stereocenters. The Labute approximate surface area is 130 Å². The van der Waals surface area contributed by atoms with Gasteiger partial charge in [0.25, 0.3) is 0 Å². The quantitative estimate of drug-likeness (QED) is 0.675. The standard InChI is InChI=1S/C15H12N4O2S/c20-10-7-5-9(6-8-10)13-16-17-15-19(13)18-14(22-15)11-3-1-2-4-12(11)21/h1-8,14,18,20-21H/t14-/m1/s1. The molecule has 110 valence electrons. The van der Waals surface area contributed by atoms with Crippen LogP contribution < -0.4 is 5.43 Å². The normalized spacial score (nSPS) is 16.3. The molecule has 0 unspecified atom stereocenters. The Morgan fingerprint density at radius 3 is 2.55 bits per heavy atom. The summed E-state index contributed by atoms with van der Waals surface area (Å²) in [5.41, 5.74) is 4.94. The molecule has 0 spiro atoms. The highest BCUT2D eigenvalue weighted by molar-refractivity contribution is 7.99. The predicted octanol–water partition coefficient (Wildman–Crippen LogP) is 2.70. The predicted molar refractivity (Wildman–Crippen MR) is 83.2 cm³/mol. The monoisotopic (exact) mass is 312 g/mol. The largest absolute Gasteiger partial charge is 0.508 e. The molecule has 0 saturated heterocycles. The van der Waals surface area contributed by atoms with Crippen LogP contribution in [-0.4, -0.2) is 25.1 Å². The highest BCUT2D eigenvalue weighted by atomic mass is 32.2. The third-order valence-corrected chi connectivity index (χ3v) is 4.52. The SMILES string of the molecule is Oc1ccc(-c2nnc3n2N[C@@H](c2ccccc2O)S3)cc1. The van der Waals surface area contributed by atoms with Crippen LogP contribution in [0.2, 0.25) is 0 Å². The summed E-state index contributed by atoms with van der Waals surface area (Å²) >= 11 is 1.49. The van der Waals surface area contributed by atoms with E-state index in [2.05, 4.69) is 15.6 Å². The molecule has 6 nitrogen and oxygen atoms in total. The van der Waals surface area contributed by atoms with E-state index in [1.807, 2.05) is 12.1 Å². The van der Waals surface area contributed by atoms with Crippen molar-refractivity contribution >= 4 is 11.8 Å². The Hall–Kier alpha value is -2.67. The topological polar surface area (TPSA) is 83.2 Å².